The van der Waals surface area contributed by atoms with Crippen molar-refractivity contribution in [3.63, 3.8) is 0 Å². The maximum absolute atomic E-state index is 14.2. The molecule has 0 spiro atoms. The van der Waals surface area contributed by atoms with Gasteiger partial charge in [0.15, 0.2) is 22.5 Å². The number of benzene rings is 2. The maximum Gasteiger partial charge on any atom is 0.237 e. The highest BCUT2D eigenvalue weighted by atomic mass is 32.2. The Labute approximate surface area is 221 Å². The minimum atomic E-state index is -0.394. The van der Waals surface area contributed by atoms with Gasteiger partial charge in [0.05, 0.1) is 5.75 Å². The van der Waals surface area contributed by atoms with Crippen LogP contribution in [0.3, 0.4) is 0 Å². The van der Waals surface area contributed by atoms with Gasteiger partial charge in [0.25, 0.3) is 0 Å². The van der Waals surface area contributed by atoms with Crippen LogP contribution in [-0.4, -0.2) is 32.5 Å². The number of nitrogens with zero attached hydrogens (tertiary/aromatic N) is 4. The Balaban J connectivity index is 1.22. The summed E-state index contributed by atoms with van der Waals surface area (Å²) in [4.78, 5) is 15.3. The second kappa shape index (κ2) is 10.1. The van der Waals surface area contributed by atoms with Crippen molar-refractivity contribution in [2.45, 2.75) is 69.8 Å². The van der Waals surface area contributed by atoms with Crippen molar-refractivity contribution in [2.75, 3.05) is 10.7 Å². The van der Waals surface area contributed by atoms with Gasteiger partial charge < -0.3 is 9.64 Å². The number of para-hydroxylation sites is 2. The van der Waals surface area contributed by atoms with E-state index in [4.69, 9.17) is 4.74 Å². The van der Waals surface area contributed by atoms with E-state index in [0.717, 1.165) is 29.1 Å². The molecule has 1 aromatic heterocycles. The summed E-state index contributed by atoms with van der Waals surface area (Å²) in [6, 6.07) is 14.9. The lowest BCUT2D eigenvalue weighted by Crippen LogP contribution is -2.37. The normalized spacial score (nSPS) is 24.9. The number of thioether (sulfide) groups is 1. The van der Waals surface area contributed by atoms with Crippen LogP contribution in [0, 0.1) is 23.6 Å². The molecule has 1 amide bonds. The quantitative estimate of drug-likeness (QED) is 0.338. The molecule has 2 aromatic carbocycles. The molecule has 2 bridgehead atoms. The third kappa shape index (κ3) is 4.65. The number of hydrogen-bond acceptors (Lipinski definition) is 5. The number of amides is 1. The van der Waals surface area contributed by atoms with E-state index in [0.29, 0.717) is 11.7 Å². The molecule has 1 aliphatic heterocycles. The van der Waals surface area contributed by atoms with Crippen molar-refractivity contribution in [1.82, 2.24) is 14.8 Å². The summed E-state index contributed by atoms with van der Waals surface area (Å²) >= 11 is 1.44. The van der Waals surface area contributed by atoms with Crippen molar-refractivity contribution in [1.29, 1.82) is 0 Å². The van der Waals surface area contributed by atoms with Gasteiger partial charge in [-0.2, -0.15) is 0 Å². The maximum atomic E-state index is 14.2. The topological polar surface area (TPSA) is 60.3 Å². The number of halogens is 1. The largest absolute Gasteiger partial charge is 0.483 e. The molecule has 37 heavy (non-hydrogen) atoms. The Hall–Kier alpha value is -2.87. The van der Waals surface area contributed by atoms with Gasteiger partial charge in [-0.25, -0.2) is 4.39 Å². The lowest BCUT2D eigenvalue weighted by atomic mass is 9.84. The van der Waals surface area contributed by atoms with Gasteiger partial charge in [0, 0.05) is 17.8 Å². The summed E-state index contributed by atoms with van der Waals surface area (Å²) in [7, 11) is 0. The third-order valence-electron chi connectivity index (χ3n) is 8.55. The molecule has 0 unspecified atom stereocenters. The van der Waals surface area contributed by atoms with Gasteiger partial charge in [-0.05, 0) is 81.0 Å². The lowest BCUT2D eigenvalue weighted by Gasteiger charge is -2.30. The standard InChI is InChI=1S/C29H33FN4O2S/c1-18-13-22-7-3-5-9-25(22)33(18)28(35)17-37-29-32-31-27(16-36-26-10-6-4-8-24(26)30)34(29)19(2)23-15-20-11-12-21(23)14-20/h3-10,18-21,23H,11-17H2,1-2H3/t18-,19-,20-,21-,23+/m1/s1. The van der Waals surface area contributed by atoms with E-state index in [-0.39, 0.29) is 36.1 Å². The fourth-order valence-electron chi connectivity index (χ4n) is 6.84. The SMILES string of the molecule is C[C@@H]1Cc2ccccc2N1C(=O)CSc1nnc(COc2ccccc2F)n1[C@H](C)[C@@H]1C[C@@H]2CC[C@@H]1C2. The summed E-state index contributed by atoms with van der Waals surface area (Å²) in [5.74, 6) is 2.95. The molecule has 6 nitrogen and oxygen atoms in total. The van der Waals surface area contributed by atoms with Crippen molar-refractivity contribution in [3.8, 4) is 5.75 Å². The average Bonchev–Trinajstić information content (AvgIpc) is 3.68. The van der Waals surface area contributed by atoms with Crippen LogP contribution in [0.4, 0.5) is 10.1 Å². The molecule has 2 saturated carbocycles. The molecule has 0 radical (unpaired) electrons. The van der Waals surface area contributed by atoms with E-state index in [9.17, 15) is 9.18 Å². The zero-order valence-electron chi connectivity index (χ0n) is 21.3. The molecule has 2 heterocycles. The number of rotatable bonds is 8. The smallest absolute Gasteiger partial charge is 0.237 e. The van der Waals surface area contributed by atoms with E-state index in [2.05, 4.69) is 34.7 Å². The Morgan fingerprint density at radius 3 is 2.73 bits per heavy atom. The van der Waals surface area contributed by atoms with Gasteiger partial charge in [0.1, 0.15) is 6.61 Å². The highest BCUT2D eigenvalue weighted by molar-refractivity contribution is 7.99. The number of hydrogen-bond donors (Lipinski definition) is 0. The molecule has 2 aliphatic carbocycles. The van der Waals surface area contributed by atoms with Crippen LogP contribution in [0.2, 0.25) is 0 Å². The average molecular weight is 521 g/mol. The molecule has 2 fully saturated rings. The van der Waals surface area contributed by atoms with Crippen molar-refractivity contribution in [2.24, 2.45) is 17.8 Å². The molecule has 0 N–H and O–H groups in total. The Morgan fingerprint density at radius 1 is 1.14 bits per heavy atom. The summed E-state index contributed by atoms with van der Waals surface area (Å²) in [5, 5.41) is 9.69. The van der Waals surface area contributed by atoms with Crippen LogP contribution >= 0.6 is 11.8 Å². The number of carbonyl (C=O) groups excluding carboxylic acids is 1. The number of aromatic nitrogens is 3. The van der Waals surface area contributed by atoms with E-state index < -0.39 is 5.82 Å². The van der Waals surface area contributed by atoms with Crippen molar-refractivity contribution >= 4 is 23.4 Å². The highest BCUT2D eigenvalue weighted by Crippen LogP contribution is 2.52. The van der Waals surface area contributed by atoms with Gasteiger partial charge in [-0.3, -0.25) is 9.36 Å². The summed E-state index contributed by atoms with van der Waals surface area (Å²) in [6.45, 7) is 4.47. The molecular weight excluding hydrogens is 487 g/mol. The fourth-order valence-corrected chi connectivity index (χ4v) is 7.74. The van der Waals surface area contributed by atoms with Crippen LogP contribution in [0.1, 0.15) is 57.0 Å². The predicted molar refractivity (Wildman–Crippen MR) is 142 cm³/mol. The first-order valence-corrected chi connectivity index (χ1v) is 14.3. The molecule has 5 atom stereocenters. The lowest BCUT2D eigenvalue weighted by molar-refractivity contribution is -0.116. The van der Waals surface area contributed by atoms with Crippen LogP contribution < -0.4 is 9.64 Å². The van der Waals surface area contributed by atoms with E-state index in [1.807, 2.05) is 23.1 Å². The number of anilines is 1. The second-order valence-electron chi connectivity index (χ2n) is 10.8. The zero-order chi connectivity index (χ0) is 25.5. The molecular formula is C29H33FN4O2S. The first-order valence-electron chi connectivity index (χ1n) is 13.3. The van der Waals surface area contributed by atoms with E-state index in [1.54, 1.807) is 18.2 Å². The molecule has 0 saturated heterocycles. The number of fused-ring (bicyclic) bond motifs is 3. The first-order chi connectivity index (χ1) is 18.0. The van der Waals surface area contributed by atoms with Gasteiger partial charge in [0.2, 0.25) is 5.91 Å². The molecule has 3 aliphatic rings. The van der Waals surface area contributed by atoms with Crippen LogP contribution in [0.25, 0.3) is 0 Å². The summed E-state index contributed by atoms with van der Waals surface area (Å²) in [6.07, 6.45) is 6.04. The predicted octanol–water partition coefficient (Wildman–Crippen LogP) is 6.06. The summed E-state index contributed by atoms with van der Waals surface area (Å²) < 4.78 is 22.2. The minimum Gasteiger partial charge on any atom is -0.483 e. The first kappa shape index (κ1) is 24.5. The Morgan fingerprint density at radius 2 is 1.95 bits per heavy atom. The highest BCUT2D eigenvalue weighted by Gasteiger charge is 2.43. The van der Waals surface area contributed by atoms with Gasteiger partial charge >= 0.3 is 0 Å². The Bertz CT molecular complexity index is 1300. The Kier molecular flexibility index (Phi) is 6.69. The number of carbonyl (C=O) groups is 1. The van der Waals surface area contributed by atoms with Crippen molar-refractivity contribution < 1.29 is 13.9 Å². The van der Waals surface area contributed by atoms with Crippen LogP contribution in [0.5, 0.6) is 5.75 Å². The second-order valence-corrected chi connectivity index (χ2v) is 11.7. The monoisotopic (exact) mass is 520 g/mol. The molecule has 194 valence electrons. The van der Waals surface area contributed by atoms with Crippen molar-refractivity contribution in [3.05, 3.63) is 65.7 Å². The van der Waals surface area contributed by atoms with Crippen LogP contribution in [0.15, 0.2) is 53.7 Å². The van der Waals surface area contributed by atoms with Gasteiger partial charge in [-0.1, -0.05) is 48.5 Å². The molecule has 6 rings (SSSR count). The van der Waals surface area contributed by atoms with Crippen LogP contribution in [-0.2, 0) is 17.8 Å². The van der Waals surface area contributed by atoms with Gasteiger partial charge in [-0.15, -0.1) is 10.2 Å². The number of ether oxygens (including phenoxy) is 1. The summed E-state index contributed by atoms with van der Waals surface area (Å²) in [5.41, 5.74) is 2.23. The van der Waals surface area contributed by atoms with E-state index in [1.165, 1.54) is 49.1 Å². The minimum absolute atomic E-state index is 0.0775. The fraction of sp³-hybridized carbons (Fsp3) is 0.483. The van der Waals surface area contributed by atoms with E-state index >= 15 is 0 Å². The molecule has 8 heteroatoms. The zero-order valence-corrected chi connectivity index (χ0v) is 22.2. The molecule has 3 aromatic rings. The third-order valence-corrected chi connectivity index (χ3v) is 9.48.